The first-order valence-electron chi connectivity index (χ1n) is 11.3. The Labute approximate surface area is 213 Å². The lowest BCUT2D eigenvalue weighted by Crippen LogP contribution is -2.48. The molecule has 1 saturated heterocycles. The van der Waals surface area contributed by atoms with Crippen molar-refractivity contribution < 1.29 is 0 Å². The summed E-state index contributed by atoms with van der Waals surface area (Å²) < 4.78 is 0. The fraction of sp³-hybridized carbons (Fsp3) is 0.400. The summed E-state index contributed by atoms with van der Waals surface area (Å²) in [4.78, 5) is 18.3. The second-order valence-electron chi connectivity index (χ2n) is 8.52. The van der Waals surface area contributed by atoms with Crippen LogP contribution in [0.25, 0.3) is 10.9 Å². The minimum absolute atomic E-state index is 0. The third-order valence-corrected chi connectivity index (χ3v) is 5.95. The van der Waals surface area contributed by atoms with Crippen molar-refractivity contribution in [1.29, 1.82) is 0 Å². The lowest BCUT2D eigenvalue weighted by atomic mass is 10.1. The molecule has 7 nitrogen and oxygen atoms in total. The molecule has 0 radical (unpaired) electrons. The van der Waals surface area contributed by atoms with Gasteiger partial charge in [-0.15, -0.1) is 24.0 Å². The second kappa shape index (κ2) is 11.5. The van der Waals surface area contributed by atoms with E-state index in [1.165, 1.54) is 10.9 Å². The molecule has 2 aromatic heterocycles. The van der Waals surface area contributed by atoms with Gasteiger partial charge >= 0.3 is 0 Å². The molecule has 4 rings (SSSR count). The van der Waals surface area contributed by atoms with Gasteiger partial charge in [-0.3, -0.25) is 4.99 Å². The molecular formula is C25H34IN7. The monoisotopic (exact) mass is 559 g/mol. The van der Waals surface area contributed by atoms with Gasteiger partial charge in [0.1, 0.15) is 11.6 Å². The lowest BCUT2D eigenvalue weighted by Gasteiger charge is -2.34. The van der Waals surface area contributed by atoms with Crippen LogP contribution in [0.2, 0.25) is 0 Å². The quantitative estimate of drug-likeness (QED) is 0.281. The van der Waals surface area contributed by atoms with E-state index in [1.807, 2.05) is 45.1 Å². The normalized spacial score (nSPS) is 14.7. The Kier molecular flexibility index (Phi) is 8.71. The third kappa shape index (κ3) is 6.25. The van der Waals surface area contributed by atoms with E-state index in [1.54, 1.807) is 0 Å². The zero-order chi connectivity index (χ0) is 22.5. The highest BCUT2D eigenvalue weighted by atomic mass is 127. The molecule has 2 N–H and O–H groups in total. The van der Waals surface area contributed by atoms with Crippen LogP contribution in [0.3, 0.4) is 0 Å². The van der Waals surface area contributed by atoms with E-state index in [2.05, 4.69) is 61.9 Å². The number of anilines is 2. The molecule has 1 aliphatic heterocycles. The van der Waals surface area contributed by atoms with Gasteiger partial charge in [0.15, 0.2) is 5.96 Å². The molecule has 0 aliphatic carbocycles. The maximum absolute atomic E-state index is 4.76. The SMILES string of the molecule is CN=C(NCc1cc(N(C)C)nc2ccccc12)NC1CCN(c2cccc(C)n2)CC1.I. The number of pyridine rings is 2. The Morgan fingerprint density at radius 3 is 2.55 bits per heavy atom. The van der Waals surface area contributed by atoms with Crippen molar-refractivity contribution in [3.05, 3.63) is 59.8 Å². The first-order chi connectivity index (χ1) is 15.5. The number of fused-ring (bicyclic) bond motifs is 1. The van der Waals surface area contributed by atoms with E-state index in [-0.39, 0.29) is 24.0 Å². The second-order valence-corrected chi connectivity index (χ2v) is 8.52. The van der Waals surface area contributed by atoms with E-state index in [4.69, 9.17) is 4.98 Å². The maximum Gasteiger partial charge on any atom is 0.191 e. The van der Waals surface area contributed by atoms with Crippen LogP contribution in [-0.4, -0.2) is 56.2 Å². The molecule has 33 heavy (non-hydrogen) atoms. The number of benzene rings is 1. The fourth-order valence-corrected chi connectivity index (χ4v) is 4.13. The number of aliphatic imine (C=N–C) groups is 1. The molecule has 0 saturated carbocycles. The topological polar surface area (TPSA) is 68.7 Å². The largest absolute Gasteiger partial charge is 0.363 e. The minimum atomic E-state index is 0. The molecule has 1 aromatic carbocycles. The zero-order valence-corrected chi connectivity index (χ0v) is 22.2. The summed E-state index contributed by atoms with van der Waals surface area (Å²) >= 11 is 0. The first kappa shape index (κ1) is 25.0. The summed E-state index contributed by atoms with van der Waals surface area (Å²) in [6.07, 6.45) is 2.11. The molecule has 1 aliphatic rings. The third-order valence-electron chi connectivity index (χ3n) is 5.95. The molecule has 0 unspecified atom stereocenters. The summed E-state index contributed by atoms with van der Waals surface area (Å²) in [7, 11) is 5.87. The molecule has 3 heterocycles. The number of nitrogens with one attached hydrogen (secondary N) is 2. The van der Waals surface area contributed by atoms with Crippen molar-refractivity contribution in [3.63, 3.8) is 0 Å². The summed E-state index contributed by atoms with van der Waals surface area (Å²) in [5.41, 5.74) is 3.28. The number of aryl methyl sites for hydroxylation is 1. The van der Waals surface area contributed by atoms with Gasteiger partial charge in [-0.2, -0.15) is 0 Å². The predicted molar refractivity (Wildman–Crippen MR) is 149 cm³/mol. The molecule has 176 valence electrons. The number of hydrogen-bond donors (Lipinski definition) is 2. The Morgan fingerprint density at radius 1 is 1.09 bits per heavy atom. The van der Waals surface area contributed by atoms with E-state index >= 15 is 0 Å². The summed E-state index contributed by atoms with van der Waals surface area (Å²) in [5, 5.41) is 8.29. The molecular weight excluding hydrogens is 525 g/mol. The molecule has 1 fully saturated rings. The van der Waals surface area contributed by atoms with Crippen LogP contribution in [0.5, 0.6) is 0 Å². The van der Waals surface area contributed by atoms with Crippen LogP contribution in [0.1, 0.15) is 24.1 Å². The van der Waals surface area contributed by atoms with Gasteiger partial charge in [0.2, 0.25) is 0 Å². The number of hydrogen-bond acceptors (Lipinski definition) is 5. The van der Waals surface area contributed by atoms with Gasteiger partial charge < -0.3 is 20.4 Å². The number of halogens is 1. The van der Waals surface area contributed by atoms with Crippen molar-refractivity contribution in [3.8, 4) is 0 Å². The highest BCUT2D eigenvalue weighted by Gasteiger charge is 2.21. The van der Waals surface area contributed by atoms with Crippen molar-refractivity contribution in [2.24, 2.45) is 4.99 Å². The average Bonchev–Trinajstić information content (AvgIpc) is 2.81. The Hall–Kier alpha value is -2.62. The highest BCUT2D eigenvalue weighted by molar-refractivity contribution is 14.0. The van der Waals surface area contributed by atoms with Crippen LogP contribution < -0.4 is 20.4 Å². The molecule has 8 heteroatoms. The van der Waals surface area contributed by atoms with Gasteiger partial charge in [-0.05, 0) is 49.6 Å². The van der Waals surface area contributed by atoms with E-state index in [0.717, 1.165) is 54.7 Å². The van der Waals surface area contributed by atoms with Gasteiger partial charge in [-0.1, -0.05) is 24.3 Å². The zero-order valence-electron chi connectivity index (χ0n) is 19.9. The number of guanidine groups is 1. The Bertz CT molecular complexity index is 1090. The van der Waals surface area contributed by atoms with Crippen molar-refractivity contribution in [2.45, 2.75) is 32.4 Å². The highest BCUT2D eigenvalue weighted by Crippen LogP contribution is 2.22. The summed E-state index contributed by atoms with van der Waals surface area (Å²) in [6, 6.07) is 17.1. The van der Waals surface area contributed by atoms with Gasteiger partial charge in [-0.25, -0.2) is 9.97 Å². The number of aromatic nitrogens is 2. The predicted octanol–water partition coefficient (Wildman–Crippen LogP) is 3.96. The first-order valence-corrected chi connectivity index (χ1v) is 11.3. The standard InChI is InChI=1S/C25H33N7.HI/c1-18-8-7-11-23(28-18)32-14-12-20(13-15-32)29-25(26-2)27-17-19-16-24(31(3)4)30-22-10-6-5-9-21(19)22;/h5-11,16,20H,12-15,17H2,1-4H3,(H2,26,27,29);1H. The van der Waals surface area contributed by atoms with Crippen LogP contribution in [0, 0.1) is 6.92 Å². The van der Waals surface area contributed by atoms with Gasteiger partial charge in [0.25, 0.3) is 0 Å². The Morgan fingerprint density at radius 2 is 1.85 bits per heavy atom. The number of piperidine rings is 1. The average molecular weight is 560 g/mol. The van der Waals surface area contributed by atoms with Crippen molar-refractivity contribution in [2.75, 3.05) is 44.0 Å². The van der Waals surface area contributed by atoms with Crippen molar-refractivity contribution in [1.82, 2.24) is 20.6 Å². The minimum Gasteiger partial charge on any atom is -0.363 e. The van der Waals surface area contributed by atoms with Gasteiger partial charge in [0, 0.05) is 57.9 Å². The fourth-order valence-electron chi connectivity index (χ4n) is 4.13. The van der Waals surface area contributed by atoms with Crippen molar-refractivity contribution >= 4 is 52.5 Å². The summed E-state index contributed by atoms with van der Waals surface area (Å²) in [5.74, 6) is 2.87. The van der Waals surface area contributed by atoms with E-state index in [9.17, 15) is 0 Å². The van der Waals surface area contributed by atoms with Crippen LogP contribution in [0.15, 0.2) is 53.5 Å². The summed E-state index contributed by atoms with van der Waals surface area (Å²) in [6.45, 7) is 4.72. The maximum atomic E-state index is 4.76. The van der Waals surface area contributed by atoms with Crippen LogP contribution in [-0.2, 0) is 6.54 Å². The van der Waals surface area contributed by atoms with E-state index in [0.29, 0.717) is 12.6 Å². The molecule has 0 spiro atoms. The Balaban J connectivity index is 0.00000306. The van der Waals surface area contributed by atoms with E-state index < -0.39 is 0 Å². The van der Waals surface area contributed by atoms with Crippen LogP contribution >= 0.6 is 24.0 Å². The number of nitrogens with zero attached hydrogens (tertiary/aromatic N) is 5. The van der Waals surface area contributed by atoms with Crippen LogP contribution in [0.4, 0.5) is 11.6 Å². The smallest absolute Gasteiger partial charge is 0.191 e. The molecule has 0 bridgehead atoms. The number of rotatable bonds is 5. The number of para-hydroxylation sites is 1. The molecule has 0 amide bonds. The molecule has 3 aromatic rings. The van der Waals surface area contributed by atoms with Gasteiger partial charge in [0.05, 0.1) is 5.52 Å². The molecule has 0 atom stereocenters. The lowest BCUT2D eigenvalue weighted by molar-refractivity contribution is 0.459.